The Balaban J connectivity index is 1.63. The smallest absolute Gasteiger partial charge is 0.109 e. The molecule has 1 aromatic carbocycles. The van der Waals surface area contributed by atoms with Crippen molar-refractivity contribution in [2.75, 3.05) is 24.6 Å². The number of likely N-dealkylation sites (tertiary alicyclic amines) is 1. The van der Waals surface area contributed by atoms with Crippen LogP contribution in [0.15, 0.2) is 30.3 Å². The first-order valence-corrected chi connectivity index (χ1v) is 7.89. The van der Waals surface area contributed by atoms with Gasteiger partial charge in [0.15, 0.2) is 0 Å². The van der Waals surface area contributed by atoms with E-state index < -0.39 is 11.2 Å². The van der Waals surface area contributed by atoms with Crippen molar-refractivity contribution in [3.05, 3.63) is 35.9 Å². The van der Waals surface area contributed by atoms with E-state index in [1.54, 1.807) is 0 Å². The summed E-state index contributed by atoms with van der Waals surface area (Å²) in [5.41, 5.74) is 1.40. The van der Waals surface area contributed by atoms with Gasteiger partial charge in [0.25, 0.3) is 0 Å². The fraction of sp³-hybridized carbons (Fsp3) is 0.571. The highest BCUT2D eigenvalue weighted by atomic mass is 32.2. The lowest BCUT2D eigenvalue weighted by atomic mass is 9.91. The molecule has 0 aliphatic carbocycles. The van der Waals surface area contributed by atoms with E-state index in [0.29, 0.717) is 11.8 Å². The minimum absolute atomic E-state index is 0.537. The van der Waals surface area contributed by atoms with E-state index in [9.17, 15) is 4.55 Å². The van der Waals surface area contributed by atoms with Gasteiger partial charge in [0.05, 0.1) is 0 Å². The van der Waals surface area contributed by atoms with Crippen LogP contribution in [0.3, 0.4) is 0 Å². The van der Waals surface area contributed by atoms with Crippen molar-refractivity contribution < 1.29 is 4.55 Å². The number of rotatable bonds is 2. The molecule has 2 atom stereocenters. The summed E-state index contributed by atoms with van der Waals surface area (Å²) in [6.45, 7) is 3.33. The van der Waals surface area contributed by atoms with E-state index in [2.05, 4.69) is 35.2 Å². The Morgan fingerprint density at radius 1 is 1.12 bits per heavy atom. The highest BCUT2D eigenvalue weighted by molar-refractivity contribution is 7.91. The summed E-state index contributed by atoms with van der Waals surface area (Å²) in [6, 6.07) is 10.7. The van der Waals surface area contributed by atoms with Gasteiger partial charge >= 0.3 is 0 Å². The third-order valence-corrected chi connectivity index (χ3v) is 5.48. The maximum atomic E-state index is 11.6. The van der Waals surface area contributed by atoms with Crippen LogP contribution in [0.25, 0.3) is 0 Å². The molecule has 2 nitrogen and oxygen atoms in total. The summed E-state index contributed by atoms with van der Waals surface area (Å²) in [5.74, 6) is 3.21. The molecule has 2 unspecified atom stereocenters. The summed E-state index contributed by atoms with van der Waals surface area (Å²) in [4.78, 5) is 2.55. The summed E-state index contributed by atoms with van der Waals surface area (Å²) in [6.07, 6.45) is 1.30. The van der Waals surface area contributed by atoms with Crippen LogP contribution in [-0.2, 0) is 17.7 Å². The van der Waals surface area contributed by atoms with Gasteiger partial charge in [0, 0.05) is 31.5 Å². The molecule has 0 aromatic heterocycles. The molecule has 2 heterocycles. The van der Waals surface area contributed by atoms with Crippen LogP contribution in [0.4, 0.5) is 0 Å². The van der Waals surface area contributed by atoms with Crippen molar-refractivity contribution in [2.45, 2.75) is 13.0 Å². The highest BCUT2D eigenvalue weighted by Gasteiger charge is 2.36. The van der Waals surface area contributed by atoms with Gasteiger partial charge in [-0.05, 0) is 12.0 Å². The van der Waals surface area contributed by atoms with Crippen molar-refractivity contribution in [3.8, 4) is 0 Å². The Morgan fingerprint density at radius 3 is 2.41 bits per heavy atom. The Bertz CT molecular complexity index is 352. The normalized spacial score (nSPS) is 33.6. The molecule has 0 saturated carbocycles. The van der Waals surface area contributed by atoms with Crippen LogP contribution in [0, 0.1) is 11.8 Å². The number of benzene rings is 1. The van der Waals surface area contributed by atoms with Gasteiger partial charge in [-0.3, -0.25) is 4.90 Å². The minimum Gasteiger partial charge on any atom is -0.616 e. The van der Waals surface area contributed by atoms with E-state index in [1.165, 1.54) is 12.0 Å². The molecule has 1 aromatic rings. The van der Waals surface area contributed by atoms with Gasteiger partial charge in [-0.15, -0.1) is 0 Å². The lowest BCUT2D eigenvalue weighted by Crippen LogP contribution is -2.48. The van der Waals surface area contributed by atoms with Crippen LogP contribution in [0.5, 0.6) is 0 Å². The quantitative estimate of drug-likeness (QED) is 0.748. The molecule has 2 fully saturated rings. The zero-order valence-corrected chi connectivity index (χ0v) is 10.9. The molecule has 2 saturated heterocycles. The number of fused-ring (bicyclic) bond motifs is 2. The van der Waals surface area contributed by atoms with E-state index >= 15 is 0 Å². The topological polar surface area (TPSA) is 26.3 Å². The summed E-state index contributed by atoms with van der Waals surface area (Å²) < 4.78 is 11.6. The van der Waals surface area contributed by atoms with Crippen molar-refractivity contribution in [1.82, 2.24) is 4.90 Å². The lowest BCUT2D eigenvalue weighted by molar-refractivity contribution is 0.130. The molecule has 0 radical (unpaired) electrons. The minimum atomic E-state index is -0.537. The number of nitrogens with zero attached hydrogens (tertiary/aromatic N) is 1. The van der Waals surface area contributed by atoms with Gasteiger partial charge in [0.2, 0.25) is 0 Å². The molecule has 3 heteroatoms. The lowest BCUT2D eigenvalue weighted by Gasteiger charge is -2.41. The van der Waals surface area contributed by atoms with Gasteiger partial charge in [0.1, 0.15) is 11.5 Å². The molecule has 0 amide bonds. The second-order valence-electron chi connectivity index (χ2n) is 5.42. The van der Waals surface area contributed by atoms with Gasteiger partial charge in [-0.1, -0.05) is 41.5 Å². The summed E-state index contributed by atoms with van der Waals surface area (Å²) in [7, 11) is 0. The third kappa shape index (κ3) is 2.84. The van der Waals surface area contributed by atoms with E-state index in [4.69, 9.17) is 0 Å². The Kier molecular flexibility index (Phi) is 3.41. The molecular weight excluding hydrogens is 230 g/mol. The van der Waals surface area contributed by atoms with E-state index in [0.717, 1.165) is 31.1 Å². The molecule has 2 aliphatic heterocycles. The van der Waals surface area contributed by atoms with Crippen molar-refractivity contribution in [3.63, 3.8) is 0 Å². The maximum absolute atomic E-state index is 11.6. The third-order valence-electron chi connectivity index (χ3n) is 3.79. The molecule has 0 N–H and O–H groups in total. The Hall–Kier alpha value is -0.510. The Labute approximate surface area is 106 Å². The van der Waals surface area contributed by atoms with Crippen LogP contribution in [0.1, 0.15) is 12.0 Å². The van der Waals surface area contributed by atoms with Crippen LogP contribution in [0.2, 0.25) is 0 Å². The summed E-state index contributed by atoms with van der Waals surface area (Å²) >= 11 is -0.537. The summed E-state index contributed by atoms with van der Waals surface area (Å²) in [5, 5.41) is 0. The predicted molar refractivity (Wildman–Crippen MR) is 71.2 cm³/mol. The number of piperidine rings is 1. The van der Waals surface area contributed by atoms with Crippen molar-refractivity contribution >= 4 is 11.2 Å². The highest BCUT2D eigenvalue weighted by Crippen LogP contribution is 2.30. The van der Waals surface area contributed by atoms with E-state index in [-0.39, 0.29) is 0 Å². The molecule has 2 aliphatic rings. The monoisotopic (exact) mass is 249 g/mol. The molecular formula is C14H19NOS. The second-order valence-corrected chi connectivity index (χ2v) is 6.97. The maximum Gasteiger partial charge on any atom is 0.109 e. The van der Waals surface area contributed by atoms with Gasteiger partial charge in [-0.25, -0.2) is 0 Å². The van der Waals surface area contributed by atoms with E-state index in [1.807, 2.05) is 0 Å². The number of hydrogen-bond acceptors (Lipinski definition) is 2. The van der Waals surface area contributed by atoms with Crippen molar-refractivity contribution in [1.29, 1.82) is 0 Å². The fourth-order valence-corrected chi connectivity index (χ4v) is 4.90. The largest absolute Gasteiger partial charge is 0.616 e. The van der Waals surface area contributed by atoms with Gasteiger partial charge < -0.3 is 4.55 Å². The zero-order valence-electron chi connectivity index (χ0n) is 10.0. The van der Waals surface area contributed by atoms with Gasteiger partial charge in [-0.2, -0.15) is 0 Å². The zero-order chi connectivity index (χ0) is 11.7. The van der Waals surface area contributed by atoms with Crippen molar-refractivity contribution in [2.24, 2.45) is 11.8 Å². The first kappa shape index (κ1) is 11.6. The fourth-order valence-electron chi connectivity index (χ4n) is 3.23. The molecule has 3 rings (SSSR count). The SMILES string of the molecule is [O-][S+]1CC2CC(CN(Cc3ccccc3)C2)C1. The average Bonchev–Trinajstić information content (AvgIpc) is 2.28. The number of hydrogen-bond donors (Lipinski definition) is 0. The van der Waals surface area contributed by atoms with Crippen LogP contribution in [-0.4, -0.2) is 34.0 Å². The first-order chi connectivity index (χ1) is 8.29. The average molecular weight is 249 g/mol. The Morgan fingerprint density at radius 2 is 1.76 bits per heavy atom. The molecule has 92 valence electrons. The molecule has 17 heavy (non-hydrogen) atoms. The first-order valence-electron chi connectivity index (χ1n) is 6.41. The van der Waals surface area contributed by atoms with Crippen LogP contribution < -0.4 is 0 Å². The van der Waals surface area contributed by atoms with Crippen LogP contribution >= 0.6 is 0 Å². The second kappa shape index (κ2) is 5.01. The molecule has 0 spiro atoms. The standard InChI is InChI=1S/C14H19NOS/c16-17-10-13-6-14(11-17)9-15(8-13)7-12-4-2-1-3-5-12/h1-5,13-14H,6-11H2. The molecule has 2 bridgehead atoms. The predicted octanol–water partition coefficient (Wildman–Crippen LogP) is 1.89.